The van der Waals surface area contributed by atoms with Crippen molar-refractivity contribution in [2.24, 2.45) is 0 Å². The molecule has 0 spiro atoms. The normalized spacial score (nSPS) is 10.8. The van der Waals surface area contributed by atoms with E-state index < -0.39 is 5.82 Å². The zero-order chi connectivity index (χ0) is 22.0. The van der Waals surface area contributed by atoms with Crippen molar-refractivity contribution in [1.82, 2.24) is 24.5 Å². The van der Waals surface area contributed by atoms with Crippen molar-refractivity contribution in [2.75, 3.05) is 5.73 Å². The minimum absolute atomic E-state index is 0.106. The lowest BCUT2D eigenvalue weighted by molar-refractivity contribution is 0.637. The lowest BCUT2D eigenvalue weighted by Gasteiger charge is -2.14. The molecule has 0 bridgehead atoms. The molecule has 3 heterocycles. The molecule has 0 amide bonds. The summed E-state index contributed by atoms with van der Waals surface area (Å²) < 4.78 is 15.5. The number of anilines is 1. The molecule has 2 aromatic carbocycles. The number of aromatic nitrogens is 5. The number of nitrogens with two attached hydrogens (primary N) is 1. The molecule has 0 atom stereocenters. The van der Waals surface area contributed by atoms with Gasteiger partial charge in [-0.15, -0.1) is 0 Å². The Morgan fingerprint density at radius 2 is 1.94 bits per heavy atom. The first-order chi connectivity index (χ1) is 15.0. The topological polar surface area (TPSA) is 102 Å². The van der Waals surface area contributed by atoms with Crippen molar-refractivity contribution in [2.45, 2.75) is 13.3 Å². The fraction of sp³-hybridized carbons (Fsp3) is 0.0909. The molecule has 0 aliphatic rings. The number of pyridine rings is 1. The molecule has 3 N–H and O–H groups in total. The first kappa shape index (κ1) is 20.5. The van der Waals surface area contributed by atoms with E-state index in [4.69, 9.17) is 17.3 Å². The zero-order valence-corrected chi connectivity index (χ0v) is 17.3. The average molecular weight is 437 g/mol. The summed E-state index contributed by atoms with van der Waals surface area (Å²) in [5.41, 5.74) is 7.89. The number of H-pyrrole nitrogens is 1. The van der Waals surface area contributed by atoms with Crippen LogP contribution in [0.15, 0.2) is 66.0 Å². The third-order valence-electron chi connectivity index (χ3n) is 4.75. The van der Waals surface area contributed by atoms with E-state index >= 15 is 0 Å². The molecular formula is C22H18ClFN6O. The van der Waals surface area contributed by atoms with Crippen LogP contribution in [-0.4, -0.2) is 24.5 Å². The smallest absolute Gasteiger partial charge is 0.266 e. The Hall–Kier alpha value is -3.78. The Bertz CT molecular complexity index is 1450. The Morgan fingerprint density at radius 1 is 1.13 bits per heavy atom. The van der Waals surface area contributed by atoms with Crippen molar-refractivity contribution >= 4 is 39.4 Å². The van der Waals surface area contributed by atoms with E-state index in [0.717, 1.165) is 5.69 Å². The van der Waals surface area contributed by atoms with Gasteiger partial charge in [0.2, 0.25) is 0 Å². The number of hydrogen-bond acceptors (Lipinski definition) is 5. The molecule has 31 heavy (non-hydrogen) atoms. The van der Waals surface area contributed by atoms with Crippen LogP contribution in [-0.2, 0) is 6.42 Å². The first-order valence-electron chi connectivity index (χ1n) is 9.48. The Labute approximate surface area is 181 Å². The number of benzene rings is 2. The third-order valence-corrected chi connectivity index (χ3v) is 4.99. The second kappa shape index (κ2) is 8.53. The summed E-state index contributed by atoms with van der Waals surface area (Å²) in [6.07, 6.45) is 3.59. The van der Waals surface area contributed by atoms with Gasteiger partial charge >= 0.3 is 0 Å². The lowest BCUT2D eigenvalue weighted by Crippen LogP contribution is -2.22. The highest BCUT2D eigenvalue weighted by molar-refractivity contribution is 6.30. The summed E-state index contributed by atoms with van der Waals surface area (Å²) >= 11 is 6.00. The maximum Gasteiger partial charge on any atom is 0.266 e. The van der Waals surface area contributed by atoms with Gasteiger partial charge in [-0.3, -0.25) is 9.36 Å². The highest BCUT2D eigenvalue weighted by atomic mass is 35.5. The fourth-order valence-corrected chi connectivity index (χ4v) is 3.50. The van der Waals surface area contributed by atoms with Crippen LogP contribution < -0.4 is 11.3 Å². The second-order valence-corrected chi connectivity index (χ2v) is 7.11. The molecule has 0 aliphatic carbocycles. The second-order valence-electron chi connectivity index (χ2n) is 6.67. The van der Waals surface area contributed by atoms with Crippen molar-refractivity contribution in [3.8, 4) is 5.69 Å². The van der Waals surface area contributed by atoms with Crippen molar-refractivity contribution in [1.29, 1.82) is 0 Å². The maximum atomic E-state index is 14.0. The van der Waals surface area contributed by atoms with E-state index in [2.05, 4.69) is 19.9 Å². The number of imidazole rings is 1. The highest BCUT2D eigenvalue weighted by Gasteiger charge is 2.13. The van der Waals surface area contributed by atoms with Crippen LogP contribution in [0.1, 0.15) is 12.6 Å². The predicted octanol–water partition coefficient (Wildman–Crippen LogP) is 4.28. The van der Waals surface area contributed by atoms with Gasteiger partial charge in [0.1, 0.15) is 17.7 Å². The monoisotopic (exact) mass is 436 g/mol. The number of aryl methyl sites for hydroxylation is 1. The molecule has 9 heteroatoms. The van der Waals surface area contributed by atoms with Crippen molar-refractivity contribution in [3.05, 3.63) is 88.1 Å². The lowest BCUT2D eigenvalue weighted by atomic mass is 10.1. The van der Waals surface area contributed by atoms with Gasteiger partial charge in [0, 0.05) is 10.7 Å². The average Bonchev–Trinajstić information content (AvgIpc) is 3.24. The molecule has 0 unspecified atom stereocenters. The van der Waals surface area contributed by atoms with Gasteiger partial charge in [0.15, 0.2) is 11.5 Å². The number of halogens is 2. The van der Waals surface area contributed by atoms with E-state index in [1.54, 1.807) is 36.4 Å². The Balaban J connectivity index is 0.000000192. The number of fused-ring (bicyclic) bond motifs is 2. The number of aromatic amines is 1. The van der Waals surface area contributed by atoms with Crippen molar-refractivity contribution < 1.29 is 4.39 Å². The van der Waals surface area contributed by atoms with Crippen LogP contribution in [0, 0.1) is 5.82 Å². The maximum absolute atomic E-state index is 14.0. The number of rotatable bonds is 2. The summed E-state index contributed by atoms with van der Waals surface area (Å²) in [7, 11) is 0. The molecule has 7 nitrogen and oxygen atoms in total. The summed E-state index contributed by atoms with van der Waals surface area (Å²) in [6, 6.07) is 13.5. The molecular weight excluding hydrogens is 419 g/mol. The van der Waals surface area contributed by atoms with Gasteiger partial charge in [-0.05, 0) is 42.1 Å². The summed E-state index contributed by atoms with van der Waals surface area (Å²) in [5.74, 6) is -0.0709. The molecule has 0 saturated carbocycles. The van der Waals surface area contributed by atoms with E-state index in [1.165, 1.54) is 23.3 Å². The Morgan fingerprint density at radius 3 is 2.68 bits per heavy atom. The number of nitrogen functional groups attached to an aromatic ring is 1. The quantitative estimate of drug-likeness (QED) is 0.430. The molecule has 0 aliphatic heterocycles. The van der Waals surface area contributed by atoms with Crippen LogP contribution in [0.2, 0.25) is 5.02 Å². The SMILES string of the molecule is CCc1cc2cccc(F)c2c(=O)n1-c1cccc(Cl)c1.Nc1ncnc2nc[nH]c12. The molecule has 5 aromatic rings. The minimum Gasteiger partial charge on any atom is -0.382 e. The summed E-state index contributed by atoms with van der Waals surface area (Å²) in [5, 5.41) is 1.26. The van der Waals surface area contributed by atoms with Crippen LogP contribution in [0.4, 0.5) is 10.2 Å². The first-order valence-corrected chi connectivity index (χ1v) is 9.86. The molecule has 0 saturated heterocycles. The zero-order valence-electron chi connectivity index (χ0n) is 16.5. The summed E-state index contributed by atoms with van der Waals surface area (Å²) in [4.78, 5) is 27.1. The van der Waals surface area contributed by atoms with Crippen LogP contribution in [0.3, 0.4) is 0 Å². The fourth-order valence-electron chi connectivity index (χ4n) is 3.32. The van der Waals surface area contributed by atoms with E-state index in [1.807, 2.05) is 13.0 Å². The van der Waals surface area contributed by atoms with Crippen molar-refractivity contribution in [3.63, 3.8) is 0 Å². The van der Waals surface area contributed by atoms with E-state index in [0.29, 0.717) is 39.5 Å². The largest absolute Gasteiger partial charge is 0.382 e. The number of nitrogens with zero attached hydrogens (tertiary/aromatic N) is 4. The van der Waals surface area contributed by atoms with Crippen LogP contribution in [0.25, 0.3) is 27.6 Å². The predicted molar refractivity (Wildman–Crippen MR) is 120 cm³/mol. The van der Waals surface area contributed by atoms with Gasteiger partial charge in [0.05, 0.1) is 17.4 Å². The van der Waals surface area contributed by atoms with Gasteiger partial charge in [-0.2, -0.15) is 0 Å². The van der Waals surface area contributed by atoms with Crippen LogP contribution in [0.5, 0.6) is 0 Å². The van der Waals surface area contributed by atoms with Crippen LogP contribution >= 0.6 is 11.6 Å². The van der Waals surface area contributed by atoms with E-state index in [-0.39, 0.29) is 10.9 Å². The standard InChI is InChI=1S/C17H13ClFNO.C5H5N5/c1-2-13-9-11-5-3-8-15(19)16(11)17(21)20(13)14-7-4-6-12(18)10-14;6-4-3-5(9-1-7-3)10-2-8-4/h3-10H,2H2,1H3;1-2H,(H3,6,7,8,9,10). The third kappa shape index (κ3) is 3.97. The van der Waals surface area contributed by atoms with Gasteiger partial charge in [-0.1, -0.05) is 36.7 Å². The summed E-state index contributed by atoms with van der Waals surface area (Å²) in [6.45, 7) is 1.96. The molecule has 156 valence electrons. The number of nitrogens with one attached hydrogen (secondary N) is 1. The number of hydrogen-bond donors (Lipinski definition) is 2. The highest BCUT2D eigenvalue weighted by Crippen LogP contribution is 2.20. The molecule has 0 fully saturated rings. The molecule has 0 radical (unpaired) electrons. The van der Waals surface area contributed by atoms with E-state index in [9.17, 15) is 9.18 Å². The minimum atomic E-state index is -0.504. The molecule has 3 aromatic heterocycles. The Kier molecular flexibility index (Phi) is 5.64. The van der Waals surface area contributed by atoms with Gasteiger partial charge in [0.25, 0.3) is 5.56 Å². The molecule has 5 rings (SSSR count). The van der Waals surface area contributed by atoms with Gasteiger partial charge < -0.3 is 10.7 Å². The van der Waals surface area contributed by atoms with Gasteiger partial charge in [-0.25, -0.2) is 19.3 Å².